The number of carbonyl (C=O) groups is 2. The van der Waals surface area contributed by atoms with Crippen LogP contribution >= 0.6 is 0 Å². The quantitative estimate of drug-likeness (QED) is 0.728. The van der Waals surface area contributed by atoms with E-state index in [0.717, 1.165) is 0 Å². The number of carboxylic acid groups (broad SMARTS) is 1. The Kier molecular flexibility index (Phi) is 4.34. The summed E-state index contributed by atoms with van der Waals surface area (Å²) in [6.45, 7) is 0.219. The Bertz CT molecular complexity index is 612. The van der Waals surface area contributed by atoms with Gasteiger partial charge in [0.05, 0.1) is 12.2 Å². The Morgan fingerprint density at radius 3 is 2.35 bits per heavy atom. The van der Waals surface area contributed by atoms with Crippen LogP contribution in [0.2, 0.25) is 0 Å². The topological polar surface area (TPSA) is 78.4 Å². The summed E-state index contributed by atoms with van der Waals surface area (Å²) in [5.74, 6) is -1.17. The average Bonchev–Trinajstić information content (AvgIpc) is 2.48. The van der Waals surface area contributed by atoms with Crippen molar-refractivity contribution in [1.29, 1.82) is 0 Å². The Hall–Kier alpha value is -2.82. The minimum atomic E-state index is -0.984. The number of amides is 1. The molecular weight excluding hydrogens is 256 g/mol. The van der Waals surface area contributed by atoms with E-state index in [1.54, 1.807) is 36.4 Å². The standard InChI is InChI=1S/C15H14N2O3/c18-14(11-5-2-1-3-6-11)17-10-16-13-8-4-7-12(9-13)15(19)20/h1-9,16H,10H2,(H,17,18)(H,19,20). The number of hydrogen-bond acceptors (Lipinski definition) is 3. The molecule has 0 heterocycles. The van der Waals surface area contributed by atoms with Gasteiger partial charge < -0.3 is 15.7 Å². The van der Waals surface area contributed by atoms with Gasteiger partial charge in [0, 0.05) is 11.3 Å². The van der Waals surface area contributed by atoms with Crippen LogP contribution in [0, 0.1) is 0 Å². The summed E-state index contributed by atoms with van der Waals surface area (Å²) in [6.07, 6.45) is 0. The molecule has 5 heteroatoms. The molecule has 0 unspecified atom stereocenters. The first-order chi connectivity index (χ1) is 9.66. The summed E-state index contributed by atoms with van der Waals surface area (Å²) >= 11 is 0. The molecule has 0 aromatic heterocycles. The van der Waals surface area contributed by atoms with E-state index in [1.807, 2.05) is 6.07 Å². The van der Waals surface area contributed by atoms with Crippen LogP contribution in [0.4, 0.5) is 5.69 Å². The maximum atomic E-state index is 11.8. The van der Waals surface area contributed by atoms with E-state index < -0.39 is 5.97 Å². The second-order valence-electron chi connectivity index (χ2n) is 4.11. The second-order valence-corrected chi connectivity index (χ2v) is 4.11. The first-order valence-corrected chi connectivity index (χ1v) is 6.07. The molecule has 0 aliphatic carbocycles. The van der Waals surface area contributed by atoms with Gasteiger partial charge in [-0.25, -0.2) is 4.79 Å². The lowest BCUT2D eigenvalue weighted by molar-refractivity contribution is 0.0696. The molecule has 20 heavy (non-hydrogen) atoms. The van der Waals surface area contributed by atoms with Gasteiger partial charge in [-0.3, -0.25) is 4.79 Å². The summed E-state index contributed by atoms with van der Waals surface area (Å²) in [4.78, 5) is 22.6. The number of carbonyl (C=O) groups excluding carboxylic acids is 1. The summed E-state index contributed by atoms with van der Waals surface area (Å²) in [7, 11) is 0. The molecule has 1 amide bonds. The van der Waals surface area contributed by atoms with Crippen LogP contribution in [0.1, 0.15) is 20.7 Å². The highest BCUT2D eigenvalue weighted by atomic mass is 16.4. The molecule has 3 N–H and O–H groups in total. The van der Waals surface area contributed by atoms with Crippen molar-refractivity contribution in [1.82, 2.24) is 5.32 Å². The van der Waals surface area contributed by atoms with E-state index in [-0.39, 0.29) is 18.1 Å². The van der Waals surface area contributed by atoms with Gasteiger partial charge in [0.2, 0.25) is 0 Å². The lowest BCUT2D eigenvalue weighted by atomic mass is 10.2. The molecule has 5 nitrogen and oxygen atoms in total. The fourth-order valence-electron chi connectivity index (χ4n) is 1.68. The fraction of sp³-hybridized carbons (Fsp3) is 0.0667. The molecule has 0 spiro atoms. The third-order valence-electron chi connectivity index (χ3n) is 2.69. The van der Waals surface area contributed by atoms with Gasteiger partial charge >= 0.3 is 5.97 Å². The molecule has 0 fully saturated rings. The highest BCUT2D eigenvalue weighted by molar-refractivity contribution is 5.94. The molecule has 0 saturated carbocycles. The van der Waals surface area contributed by atoms with Crippen LogP contribution in [0.3, 0.4) is 0 Å². The maximum absolute atomic E-state index is 11.8. The third-order valence-corrected chi connectivity index (χ3v) is 2.69. The monoisotopic (exact) mass is 270 g/mol. The lowest BCUT2D eigenvalue weighted by Crippen LogP contribution is -2.28. The SMILES string of the molecule is O=C(O)c1cccc(NCNC(=O)c2ccccc2)c1. The van der Waals surface area contributed by atoms with Crippen molar-refractivity contribution in [2.45, 2.75) is 0 Å². The van der Waals surface area contributed by atoms with Crippen molar-refractivity contribution in [2.75, 3.05) is 12.0 Å². The van der Waals surface area contributed by atoms with Crippen molar-refractivity contribution < 1.29 is 14.7 Å². The van der Waals surface area contributed by atoms with Gasteiger partial charge in [-0.15, -0.1) is 0 Å². The van der Waals surface area contributed by atoms with Gasteiger partial charge in [-0.2, -0.15) is 0 Å². The largest absolute Gasteiger partial charge is 0.478 e. The molecule has 0 radical (unpaired) electrons. The number of nitrogens with one attached hydrogen (secondary N) is 2. The summed E-state index contributed by atoms with van der Waals surface area (Å²) in [6, 6.07) is 15.3. The molecule has 2 aromatic rings. The van der Waals surface area contributed by atoms with Crippen molar-refractivity contribution in [3.05, 3.63) is 65.7 Å². The van der Waals surface area contributed by atoms with E-state index in [4.69, 9.17) is 5.11 Å². The molecule has 2 aromatic carbocycles. The van der Waals surface area contributed by atoms with E-state index in [2.05, 4.69) is 10.6 Å². The first kappa shape index (κ1) is 13.6. The molecular formula is C15H14N2O3. The van der Waals surface area contributed by atoms with Crippen molar-refractivity contribution in [3.63, 3.8) is 0 Å². The van der Waals surface area contributed by atoms with Crippen LogP contribution in [-0.2, 0) is 0 Å². The highest BCUT2D eigenvalue weighted by Gasteiger charge is 2.04. The van der Waals surface area contributed by atoms with Crippen LogP contribution < -0.4 is 10.6 Å². The van der Waals surface area contributed by atoms with Crippen LogP contribution in [0.5, 0.6) is 0 Å². The lowest BCUT2D eigenvalue weighted by Gasteiger charge is -2.09. The normalized spacial score (nSPS) is 9.80. The Balaban J connectivity index is 1.89. The molecule has 0 aliphatic rings. The van der Waals surface area contributed by atoms with Crippen molar-refractivity contribution in [3.8, 4) is 0 Å². The second kappa shape index (κ2) is 6.38. The summed E-state index contributed by atoms with van der Waals surface area (Å²) in [5.41, 5.74) is 1.41. The van der Waals surface area contributed by atoms with E-state index in [9.17, 15) is 9.59 Å². The van der Waals surface area contributed by atoms with Gasteiger partial charge in [-0.1, -0.05) is 24.3 Å². The number of benzene rings is 2. The zero-order valence-corrected chi connectivity index (χ0v) is 10.7. The van der Waals surface area contributed by atoms with Crippen molar-refractivity contribution in [2.24, 2.45) is 0 Å². The predicted molar refractivity (Wildman–Crippen MR) is 75.8 cm³/mol. The van der Waals surface area contributed by atoms with Crippen LogP contribution in [-0.4, -0.2) is 23.7 Å². The average molecular weight is 270 g/mol. The smallest absolute Gasteiger partial charge is 0.335 e. The summed E-state index contributed by atoms with van der Waals surface area (Å²) < 4.78 is 0. The zero-order chi connectivity index (χ0) is 14.4. The molecule has 0 aliphatic heterocycles. The number of carboxylic acids is 1. The Morgan fingerprint density at radius 2 is 1.65 bits per heavy atom. The van der Waals surface area contributed by atoms with E-state index in [0.29, 0.717) is 11.3 Å². The summed E-state index contributed by atoms with van der Waals surface area (Å²) in [5, 5.41) is 14.5. The Morgan fingerprint density at radius 1 is 0.950 bits per heavy atom. The minimum absolute atomic E-state index is 0.188. The predicted octanol–water partition coefficient (Wildman–Crippen LogP) is 2.18. The molecule has 0 bridgehead atoms. The highest BCUT2D eigenvalue weighted by Crippen LogP contribution is 2.09. The Labute approximate surface area is 116 Å². The zero-order valence-electron chi connectivity index (χ0n) is 10.7. The third kappa shape index (κ3) is 3.58. The number of hydrogen-bond donors (Lipinski definition) is 3. The van der Waals surface area contributed by atoms with Gasteiger partial charge in [0.15, 0.2) is 0 Å². The van der Waals surface area contributed by atoms with Crippen LogP contribution in [0.25, 0.3) is 0 Å². The van der Waals surface area contributed by atoms with Gasteiger partial charge in [0.1, 0.15) is 0 Å². The minimum Gasteiger partial charge on any atom is -0.478 e. The molecule has 2 rings (SSSR count). The van der Waals surface area contributed by atoms with Gasteiger partial charge in [0.25, 0.3) is 5.91 Å². The van der Waals surface area contributed by atoms with E-state index >= 15 is 0 Å². The van der Waals surface area contributed by atoms with E-state index in [1.165, 1.54) is 12.1 Å². The number of aromatic carboxylic acids is 1. The van der Waals surface area contributed by atoms with Gasteiger partial charge in [-0.05, 0) is 30.3 Å². The number of rotatable bonds is 5. The van der Waals surface area contributed by atoms with Crippen LogP contribution in [0.15, 0.2) is 54.6 Å². The number of anilines is 1. The molecule has 102 valence electrons. The molecule has 0 saturated heterocycles. The molecule has 0 atom stereocenters. The maximum Gasteiger partial charge on any atom is 0.335 e. The fourth-order valence-corrected chi connectivity index (χ4v) is 1.68. The first-order valence-electron chi connectivity index (χ1n) is 6.07. The van der Waals surface area contributed by atoms with Crippen molar-refractivity contribution >= 4 is 17.6 Å².